The van der Waals surface area contributed by atoms with Crippen molar-refractivity contribution in [2.45, 2.75) is 46.3 Å². The van der Waals surface area contributed by atoms with Gasteiger partial charge in [0.2, 0.25) is 0 Å². The number of ether oxygens (including phenoxy) is 1. The van der Waals surface area contributed by atoms with E-state index in [0.717, 1.165) is 6.54 Å². The van der Waals surface area contributed by atoms with Crippen LogP contribution >= 0.6 is 0 Å². The molecular weight excluding hydrogens is 216 g/mol. The standard InChI is InChI=1S/C12H24N4O/c1-9(2)10(7-14-12(3,4)5)17-11-13-8-16(6)15-11/h8-10,14H,7H2,1-6H3. The molecule has 0 aromatic carbocycles. The fraction of sp³-hybridized carbons (Fsp3) is 0.833. The van der Waals surface area contributed by atoms with E-state index in [4.69, 9.17) is 4.74 Å². The minimum absolute atomic E-state index is 0.0802. The molecule has 0 fully saturated rings. The molecular formula is C12H24N4O. The third-order valence-corrected chi connectivity index (χ3v) is 2.41. The molecule has 1 N–H and O–H groups in total. The average Bonchev–Trinajstić information content (AvgIpc) is 2.56. The highest BCUT2D eigenvalue weighted by atomic mass is 16.5. The minimum atomic E-state index is 0.0802. The second-order valence-corrected chi connectivity index (χ2v) is 5.73. The van der Waals surface area contributed by atoms with Crippen LogP contribution in [0.25, 0.3) is 0 Å². The summed E-state index contributed by atoms with van der Waals surface area (Å²) < 4.78 is 7.43. The lowest BCUT2D eigenvalue weighted by molar-refractivity contribution is 0.127. The zero-order valence-electron chi connectivity index (χ0n) is 11.7. The molecule has 1 aromatic heterocycles. The van der Waals surface area contributed by atoms with Crippen molar-refractivity contribution in [1.82, 2.24) is 20.1 Å². The summed E-state index contributed by atoms with van der Waals surface area (Å²) in [6.07, 6.45) is 1.72. The van der Waals surface area contributed by atoms with Gasteiger partial charge in [-0.3, -0.25) is 4.68 Å². The van der Waals surface area contributed by atoms with Crippen molar-refractivity contribution in [3.63, 3.8) is 0 Å². The number of rotatable bonds is 5. The van der Waals surface area contributed by atoms with Gasteiger partial charge in [0.15, 0.2) is 0 Å². The molecule has 0 spiro atoms. The first kappa shape index (κ1) is 14.0. The lowest BCUT2D eigenvalue weighted by Crippen LogP contribution is -2.44. The Labute approximate surface area is 104 Å². The van der Waals surface area contributed by atoms with Crippen molar-refractivity contribution in [2.24, 2.45) is 13.0 Å². The predicted octanol–water partition coefficient (Wildman–Crippen LogP) is 1.61. The summed E-state index contributed by atoms with van der Waals surface area (Å²) in [5.41, 5.74) is 0.0913. The molecule has 0 aliphatic rings. The summed E-state index contributed by atoms with van der Waals surface area (Å²) in [6.45, 7) is 11.5. The van der Waals surface area contributed by atoms with E-state index in [-0.39, 0.29) is 11.6 Å². The zero-order valence-corrected chi connectivity index (χ0v) is 11.7. The van der Waals surface area contributed by atoms with Gasteiger partial charge in [-0.15, -0.1) is 5.10 Å². The van der Waals surface area contributed by atoms with Crippen molar-refractivity contribution in [3.8, 4) is 6.01 Å². The number of nitrogens with zero attached hydrogens (tertiary/aromatic N) is 3. The van der Waals surface area contributed by atoms with Gasteiger partial charge in [-0.1, -0.05) is 13.8 Å². The maximum absolute atomic E-state index is 5.79. The maximum atomic E-state index is 5.79. The van der Waals surface area contributed by atoms with Crippen molar-refractivity contribution in [1.29, 1.82) is 0 Å². The highest BCUT2D eigenvalue weighted by molar-refractivity contribution is 4.90. The lowest BCUT2D eigenvalue weighted by Gasteiger charge is -2.27. The highest BCUT2D eigenvalue weighted by Crippen LogP contribution is 2.11. The van der Waals surface area contributed by atoms with Crippen LogP contribution in [0.2, 0.25) is 0 Å². The summed E-state index contributed by atoms with van der Waals surface area (Å²) in [5.74, 6) is 0.411. The summed E-state index contributed by atoms with van der Waals surface area (Å²) in [4.78, 5) is 4.08. The molecule has 1 aromatic rings. The Balaban J connectivity index is 2.55. The normalized spacial score (nSPS) is 14.1. The van der Waals surface area contributed by atoms with Gasteiger partial charge in [-0.25, -0.2) is 0 Å². The largest absolute Gasteiger partial charge is 0.457 e. The highest BCUT2D eigenvalue weighted by Gasteiger charge is 2.20. The molecule has 0 radical (unpaired) electrons. The quantitative estimate of drug-likeness (QED) is 0.849. The SMILES string of the molecule is CC(C)C(CNC(C)(C)C)Oc1ncn(C)n1. The van der Waals surface area contributed by atoms with E-state index in [1.54, 1.807) is 11.0 Å². The van der Waals surface area contributed by atoms with Gasteiger partial charge < -0.3 is 10.1 Å². The van der Waals surface area contributed by atoms with E-state index >= 15 is 0 Å². The number of aryl methyl sites for hydroxylation is 1. The summed E-state index contributed by atoms with van der Waals surface area (Å²) >= 11 is 0. The third kappa shape index (κ3) is 5.17. The fourth-order valence-corrected chi connectivity index (χ4v) is 1.33. The van der Waals surface area contributed by atoms with E-state index < -0.39 is 0 Å². The second kappa shape index (κ2) is 5.49. The molecule has 0 saturated heterocycles. The van der Waals surface area contributed by atoms with Crippen LogP contribution in [0.1, 0.15) is 34.6 Å². The summed E-state index contributed by atoms with van der Waals surface area (Å²) in [7, 11) is 1.83. The van der Waals surface area contributed by atoms with Crippen molar-refractivity contribution in [2.75, 3.05) is 6.54 Å². The van der Waals surface area contributed by atoms with Crippen LogP contribution in [0, 0.1) is 5.92 Å². The first-order valence-electron chi connectivity index (χ1n) is 6.05. The molecule has 0 saturated carbocycles. The Hall–Kier alpha value is -1.10. The van der Waals surface area contributed by atoms with E-state index in [1.165, 1.54) is 0 Å². The van der Waals surface area contributed by atoms with Crippen molar-refractivity contribution >= 4 is 0 Å². The van der Waals surface area contributed by atoms with Crippen LogP contribution in [0.3, 0.4) is 0 Å². The first-order chi connectivity index (χ1) is 7.78. The minimum Gasteiger partial charge on any atom is -0.457 e. The van der Waals surface area contributed by atoms with E-state index in [2.05, 4.69) is 50.0 Å². The molecule has 17 heavy (non-hydrogen) atoms. The van der Waals surface area contributed by atoms with Crippen LogP contribution in [-0.2, 0) is 7.05 Å². The molecule has 0 aliphatic heterocycles. The Morgan fingerprint density at radius 3 is 2.47 bits per heavy atom. The third-order valence-electron chi connectivity index (χ3n) is 2.41. The molecule has 5 heteroatoms. The number of hydrogen-bond donors (Lipinski definition) is 1. The van der Waals surface area contributed by atoms with E-state index in [9.17, 15) is 0 Å². The molecule has 98 valence electrons. The smallest absolute Gasteiger partial charge is 0.335 e. The Morgan fingerprint density at radius 1 is 1.41 bits per heavy atom. The van der Waals surface area contributed by atoms with Gasteiger partial charge in [0, 0.05) is 19.1 Å². The predicted molar refractivity (Wildman–Crippen MR) is 68.0 cm³/mol. The molecule has 1 atom stereocenters. The Bertz CT molecular complexity index is 341. The Kier molecular flexibility index (Phi) is 4.51. The van der Waals surface area contributed by atoms with Crippen LogP contribution in [-0.4, -0.2) is 33.0 Å². The maximum Gasteiger partial charge on any atom is 0.335 e. The van der Waals surface area contributed by atoms with Gasteiger partial charge in [-0.2, -0.15) is 4.98 Å². The summed E-state index contributed by atoms with van der Waals surface area (Å²) in [6, 6.07) is 0.446. The topological polar surface area (TPSA) is 52.0 Å². The van der Waals surface area contributed by atoms with Crippen LogP contribution in [0.5, 0.6) is 6.01 Å². The lowest BCUT2D eigenvalue weighted by atomic mass is 10.0. The van der Waals surface area contributed by atoms with Crippen LogP contribution in [0.15, 0.2) is 6.33 Å². The number of hydrogen-bond acceptors (Lipinski definition) is 4. The van der Waals surface area contributed by atoms with Crippen molar-refractivity contribution < 1.29 is 4.74 Å². The van der Waals surface area contributed by atoms with Crippen molar-refractivity contribution in [3.05, 3.63) is 6.33 Å². The molecule has 5 nitrogen and oxygen atoms in total. The Morgan fingerprint density at radius 2 is 2.06 bits per heavy atom. The van der Waals surface area contributed by atoms with Crippen LogP contribution < -0.4 is 10.1 Å². The fourth-order valence-electron chi connectivity index (χ4n) is 1.33. The van der Waals surface area contributed by atoms with Crippen LogP contribution in [0.4, 0.5) is 0 Å². The molecule has 0 aliphatic carbocycles. The van der Waals surface area contributed by atoms with Gasteiger partial charge in [0.1, 0.15) is 12.4 Å². The first-order valence-corrected chi connectivity index (χ1v) is 6.05. The monoisotopic (exact) mass is 240 g/mol. The second-order valence-electron chi connectivity index (χ2n) is 5.73. The molecule has 1 unspecified atom stereocenters. The zero-order chi connectivity index (χ0) is 13.1. The molecule has 0 bridgehead atoms. The average molecular weight is 240 g/mol. The van der Waals surface area contributed by atoms with Gasteiger partial charge in [0.05, 0.1) is 0 Å². The molecule has 1 heterocycles. The van der Waals surface area contributed by atoms with Gasteiger partial charge in [-0.05, 0) is 26.7 Å². The van der Waals surface area contributed by atoms with E-state index in [1.807, 2.05) is 7.05 Å². The number of aromatic nitrogens is 3. The number of nitrogens with one attached hydrogen (secondary N) is 1. The summed E-state index contributed by atoms with van der Waals surface area (Å²) in [5, 5.41) is 7.58. The molecule has 1 rings (SSSR count). The van der Waals surface area contributed by atoms with Gasteiger partial charge >= 0.3 is 6.01 Å². The van der Waals surface area contributed by atoms with E-state index in [0.29, 0.717) is 11.9 Å². The van der Waals surface area contributed by atoms with Gasteiger partial charge in [0.25, 0.3) is 0 Å². The molecule has 0 amide bonds.